The van der Waals surface area contributed by atoms with E-state index in [4.69, 9.17) is 21.7 Å². The molecule has 0 spiro atoms. The first-order valence-corrected chi connectivity index (χ1v) is 11.9. The van der Waals surface area contributed by atoms with Gasteiger partial charge in [0, 0.05) is 5.56 Å². The minimum atomic E-state index is -0.176. The molecule has 0 fully saturated rings. The monoisotopic (exact) mass is 456 g/mol. The van der Waals surface area contributed by atoms with Crippen molar-refractivity contribution < 1.29 is 0 Å². The maximum absolute atomic E-state index is 6.77. The van der Waals surface area contributed by atoms with Gasteiger partial charge in [0.2, 0.25) is 0 Å². The molecule has 4 aromatic rings. The van der Waals surface area contributed by atoms with E-state index in [1.165, 1.54) is 5.56 Å². The molecule has 0 aliphatic heterocycles. The molecule has 0 N–H and O–H groups in total. The Hall–Kier alpha value is -2.25. The van der Waals surface area contributed by atoms with E-state index in [1.807, 2.05) is 29.1 Å². The number of hydrogen-bond acceptors (Lipinski definition) is 5. The molecular formula is C23H29ClN6S. The van der Waals surface area contributed by atoms with Gasteiger partial charge in [-0.3, -0.25) is 0 Å². The van der Waals surface area contributed by atoms with E-state index >= 15 is 0 Å². The Morgan fingerprint density at radius 1 is 1.13 bits per heavy atom. The molecule has 8 heteroatoms. The Balaban J connectivity index is 1.92. The van der Waals surface area contributed by atoms with E-state index < -0.39 is 0 Å². The second-order valence-corrected chi connectivity index (χ2v) is 10.4. The molecule has 0 aromatic carbocycles. The van der Waals surface area contributed by atoms with Crippen molar-refractivity contribution in [3.05, 3.63) is 40.4 Å². The third-order valence-corrected chi connectivity index (χ3v) is 7.19. The zero-order valence-electron chi connectivity index (χ0n) is 19.2. The van der Waals surface area contributed by atoms with Gasteiger partial charge in [-0.15, -0.1) is 11.3 Å². The van der Waals surface area contributed by atoms with Crippen LogP contribution >= 0.6 is 22.9 Å². The zero-order chi connectivity index (χ0) is 22.5. The molecule has 6 nitrogen and oxygen atoms in total. The SMILES string of the molecule is CCC(CC)c1cc(C)nn2c(-c3sc(-c4ncnn4C(C)(C)C)cc3Cl)c(C)nc12. The fourth-order valence-corrected chi connectivity index (χ4v) is 5.60. The maximum Gasteiger partial charge on any atom is 0.168 e. The number of hydrogen-bond donors (Lipinski definition) is 0. The van der Waals surface area contributed by atoms with E-state index in [0.717, 1.165) is 51.1 Å². The number of aryl methyl sites for hydroxylation is 2. The fourth-order valence-electron chi connectivity index (χ4n) is 4.11. The Morgan fingerprint density at radius 3 is 2.48 bits per heavy atom. The highest BCUT2D eigenvalue weighted by Crippen LogP contribution is 2.43. The summed E-state index contributed by atoms with van der Waals surface area (Å²) in [5, 5.41) is 9.94. The largest absolute Gasteiger partial charge is 0.240 e. The van der Waals surface area contributed by atoms with Crippen molar-refractivity contribution in [2.45, 2.75) is 72.8 Å². The summed E-state index contributed by atoms with van der Waals surface area (Å²) in [6.07, 6.45) is 3.74. The molecule has 31 heavy (non-hydrogen) atoms. The summed E-state index contributed by atoms with van der Waals surface area (Å²) in [6, 6.07) is 4.15. The van der Waals surface area contributed by atoms with Crippen LogP contribution < -0.4 is 0 Å². The van der Waals surface area contributed by atoms with E-state index in [9.17, 15) is 0 Å². The second-order valence-electron chi connectivity index (χ2n) is 8.99. The first-order chi connectivity index (χ1) is 14.7. The number of thiophene rings is 1. The van der Waals surface area contributed by atoms with Crippen molar-refractivity contribution in [2.24, 2.45) is 0 Å². The Kier molecular flexibility index (Phi) is 5.68. The highest BCUT2D eigenvalue weighted by atomic mass is 35.5. The van der Waals surface area contributed by atoms with Crippen molar-refractivity contribution in [3.63, 3.8) is 0 Å². The van der Waals surface area contributed by atoms with Gasteiger partial charge in [-0.1, -0.05) is 25.4 Å². The molecule has 0 aliphatic carbocycles. The van der Waals surface area contributed by atoms with Gasteiger partial charge in [-0.25, -0.2) is 19.2 Å². The van der Waals surface area contributed by atoms with Crippen LogP contribution in [-0.2, 0) is 5.54 Å². The van der Waals surface area contributed by atoms with Gasteiger partial charge in [0.15, 0.2) is 11.5 Å². The standard InChI is InChI=1S/C23H29ClN6S/c1-8-15(9-2)16-10-13(3)28-29-19(14(4)27-21(16)29)20-17(24)11-18(31-20)22-25-12-26-30(22)23(5,6)7/h10-12,15H,8-9H2,1-7H3. The topological polar surface area (TPSA) is 60.9 Å². The fraction of sp³-hybridized carbons (Fsp3) is 0.478. The molecule has 0 bridgehead atoms. The summed E-state index contributed by atoms with van der Waals surface area (Å²) >= 11 is 8.38. The van der Waals surface area contributed by atoms with Gasteiger partial charge >= 0.3 is 0 Å². The van der Waals surface area contributed by atoms with Gasteiger partial charge in [0.1, 0.15) is 12.0 Å². The molecule has 0 atom stereocenters. The lowest BCUT2D eigenvalue weighted by atomic mass is 9.95. The van der Waals surface area contributed by atoms with Crippen LogP contribution in [0.2, 0.25) is 5.02 Å². The number of imidazole rings is 1. The molecule has 4 aromatic heterocycles. The van der Waals surface area contributed by atoms with Crippen LogP contribution in [0.15, 0.2) is 18.5 Å². The predicted octanol–water partition coefficient (Wildman–Crippen LogP) is 6.65. The van der Waals surface area contributed by atoms with Crippen LogP contribution in [0.25, 0.3) is 26.9 Å². The first-order valence-electron chi connectivity index (χ1n) is 10.7. The predicted molar refractivity (Wildman–Crippen MR) is 128 cm³/mol. The summed E-state index contributed by atoms with van der Waals surface area (Å²) in [7, 11) is 0. The van der Waals surface area contributed by atoms with Crippen LogP contribution in [0.5, 0.6) is 0 Å². The summed E-state index contributed by atoms with van der Waals surface area (Å²) in [4.78, 5) is 11.4. The number of fused-ring (bicyclic) bond motifs is 1. The minimum Gasteiger partial charge on any atom is -0.240 e. The highest BCUT2D eigenvalue weighted by Gasteiger charge is 2.25. The minimum absolute atomic E-state index is 0.176. The molecular weight excluding hydrogens is 428 g/mol. The lowest BCUT2D eigenvalue weighted by Gasteiger charge is -2.20. The van der Waals surface area contributed by atoms with Crippen LogP contribution in [0.1, 0.15) is 70.3 Å². The molecule has 0 radical (unpaired) electrons. The van der Waals surface area contributed by atoms with E-state index in [0.29, 0.717) is 10.9 Å². The molecule has 0 amide bonds. The van der Waals surface area contributed by atoms with Gasteiger partial charge in [0.05, 0.1) is 31.7 Å². The molecule has 164 valence electrons. The normalized spacial score (nSPS) is 12.4. The molecule has 0 saturated carbocycles. The molecule has 4 heterocycles. The lowest BCUT2D eigenvalue weighted by molar-refractivity contribution is 0.359. The number of halogens is 1. The maximum atomic E-state index is 6.77. The molecule has 0 aliphatic rings. The van der Waals surface area contributed by atoms with Crippen molar-refractivity contribution in [3.8, 4) is 21.3 Å². The summed E-state index contributed by atoms with van der Waals surface area (Å²) < 4.78 is 3.92. The van der Waals surface area contributed by atoms with E-state index in [2.05, 4.69) is 50.8 Å². The smallest absolute Gasteiger partial charge is 0.168 e. The Bertz CT molecular complexity index is 1240. The molecule has 0 saturated heterocycles. The van der Waals surface area contributed by atoms with Crippen molar-refractivity contribution in [2.75, 3.05) is 0 Å². The van der Waals surface area contributed by atoms with Gasteiger partial charge < -0.3 is 0 Å². The third kappa shape index (κ3) is 3.78. The van der Waals surface area contributed by atoms with E-state index in [-0.39, 0.29) is 5.54 Å². The summed E-state index contributed by atoms with van der Waals surface area (Å²) in [5.41, 5.74) is 4.87. The lowest BCUT2D eigenvalue weighted by Crippen LogP contribution is -2.23. The van der Waals surface area contributed by atoms with E-state index in [1.54, 1.807) is 17.7 Å². The van der Waals surface area contributed by atoms with Crippen molar-refractivity contribution in [1.82, 2.24) is 29.4 Å². The van der Waals surface area contributed by atoms with Gasteiger partial charge in [0.25, 0.3) is 0 Å². The average Bonchev–Trinajstić information content (AvgIpc) is 3.39. The van der Waals surface area contributed by atoms with Crippen LogP contribution in [-0.4, -0.2) is 29.4 Å². The average molecular weight is 457 g/mol. The van der Waals surface area contributed by atoms with Crippen LogP contribution in [0, 0.1) is 13.8 Å². The molecule has 4 rings (SSSR count). The van der Waals surface area contributed by atoms with Gasteiger partial charge in [-0.2, -0.15) is 10.2 Å². The first kappa shape index (κ1) is 22.0. The number of nitrogens with zero attached hydrogens (tertiary/aromatic N) is 6. The summed E-state index contributed by atoms with van der Waals surface area (Å²) in [6.45, 7) is 14.9. The van der Waals surface area contributed by atoms with Gasteiger partial charge in [-0.05, 0) is 65.5 Å². The second kappa shape index (κ2) is 8.02. The highest BCUT2D eigenvalue weighted by molar-refractivity contribution is 7.19. The Morgan fingerprint density at radius 2 is 1.84 bits per heavy atom. The zero-order valence-corrected chi connectivity index (χ0v) is 20.8. The summed E-state index contributed by atoms with van der Waals surface area (Å²) in [5.74, 6) is 1.28. The van der Waals surface area contributed by atoms with Crippen LogP contribution in [0.4, 0.5) is 0 Å². The third-order valence-electron chi connectivity index (χ3n) is 5.64. The Labute approximate surface area is 192 Å². The number of aromatic nitrogens is 6. The van der Waals surface area contributed by atoms with Crippen molar-refractivity contribution >= 4 is 28.6 Å². The quantitative estimate of drug-likeness (QED) is 0.337. The molecule has 0 unspecified atom stereocenters. The number of rotatable bonds is 5. The van der Waals surface area contributed by atoms with Crippen molar-refractivity contribution in [1.29, 1.82) is 0 Å². The van der Waals surface area contributed by atoms with Crippen LogP contribution in [0.3, 0.4) is 0 Å².